The van der Waals surface area contributed by atoms with E-state index in [9.17, 15) is 9.59 Å². The zero-order valence-electron chi connectivity index (χ0n) is 30.6. The fraction of sp³-hybridized carbons (Fsp3) is 0.0612. The molecule has 0 spiro atoms. The fourth-order valence-corrected chi connectivity index (χ4v) is 7.16. The highest BCUT2D eigenvalue weighted by atomic mass is 16.1. The van der Waals surface area contributed by atoms with Crippen LogP contribution in [0, 0.1) is 0 Å². The van der Waals surface area contributed by atoms with Crippen LogP contribution in [0.5, 0.6) is 0 Å². The SMILES string of the molecule is C1=Cc2cc3c(-c4ccccc4)c(-c4ccccc4)c(c(-c4ccccc4)c4nc(cc5ccc(cc1n2)[nH]5)C=C4)n3-c1ccccc1.CC(=O)CC(C)=O. The molecule has 55 heavy (non-hydrogen) atoms. The third-order valence-corrected chi connectivity index (χ3v) is 9.37. The molecular weight excluding hydrogens is 677 g/mol. The van der Waals surface area contributed by atoms with E-state index >= 15 is 0 Å². The van der Waals surface area contributed by atoms with Gasteiger partial charge in [-0.05, 0) is 97.3 Å². The number of hydrogen-bond acceptors (Lipinski definition) is 4. The summed E-state index contributed by atoms with van der Waals surface area (Å²) in [5, 5.41) is 0. The number of rotatable bonds is 6. The van der Waals surface area contributed by atoms with E-state index in [4.69, 9.17) is 9.97 Å². The molecule has 0 saturated carbocycles. The molecule has 3 aromatic heterocycles. The number of aromatic nitrogens is 4. The highest BCUT2D eigenvalue weighted by molar-refractivity contribution is 6.10. The average molecular weight is 715 g/mol. The van der Waals surface area contributed by atoms with Gasteiger partial charge < -0.3 is 9.55 Å². The number of nitrogens with one attached hydrogen (secondary N) is 1. The Balaban J connectivity index is 0.000000560. The first-order chi connectivity index (χ1) is 26.9. The highest BCUT2D eigenvalue weighted by Crippen LogP contribution is 2.47. The van der Waals surface area contributed by atoms with E-state index in [0.717, 1.165) is 83.9 Å². The molecule has 6 nitrogen and oxygen atoms in total. The number of hydrogen-bond donors (Lipinski definition) is 1. The largest absolute Gasteiger partial charge is 0.355 e. The summed E-state index contributed by atoms with van der Waals surface area (Å²) < 4.78 is 2.41. The number of aromatic amines is 1. The molecule has 2 aliphatic heterocycles. The molecular formula is C49H38N4O2. The van der Waals surface area contributed by atoms with Crippen LogP contribution in [0.25, 0.3) is 85.4 Å². The third kappa shape index (κ3) is 7.52. The molecule has 4 aromatic carbocycles. The maximum absolute atomic E-state index is 10.0. The maximum atomic E-state index is 10.0. The van der Waals surface area contributed by atoms with Gasteiger partial charge in [-0.1, -0.05) is 109 Å². The van der Waals surface area contributed by atoms with Crippen LogP contribution in [0.4, 0.5) is 0 Å². The lowest BCUT2D eigenvalue weighted by molar-refractivity contribution is -0.124. The van der Waals surface area contributed by atoms with E-state index < -0.39 is 0 Å². The molecule has 2 aliphatic rings. The molecule has 0 aliphatic carbocycles. The summed E-state index contributed by atoms with van der Waals surface area (Å²) in [6.07, 6.45) is 8.52. The first-order valence-electron chi connectivity index (χ1n) is 18.3. The number of nitrogens with zero attached hydrogens (tertiary/aromatic N) is 3. The summed E-state index contributed by atoms with van der Waals surface area (Å²) in [5.74, 6) is -0.125. The predicted molar refractivity (Wildman–Crippen MR) is 226 cm³/mol. The number of para-hydroxylation sites is 1. The van der Waals surface area contributed by atoms with Crippen LogP contribution in [0.3, 0.4) is 0 Å². The van der Waals surface area contributed by atoms with Crippen molar-refractivity contribution in [2.75, 3.05) is 0 Å². The van der Waals surface area contributed by atoms with Crippen LogP contribution < -0.4 is 0 Å². The number of ketones is 2. The van der Waals surface area contributed by atoms with Gasteiger partial charge in [-0.3, -0.25) is 9.59 Å². The van der Waals surface area contributed by atoms with Crippen molar-refractivity contribution in [3.63, 3.8) is 0 Å². The Hall–Kier alpha value is -7.18. The fourth-order valence-electron chi connectivity index (χ4n) is 7.16. The molecule has 8 bridgehead atoms. The predicted octanol–water partition coefficient (Wildman–Crippen LogP) is 11.7. The number of fused-ring (bicyclic) bond motifs is 8. The molecule has 0 radical (unpaired) electrons. The van der Waals surface area contributed by atoms with Crippen molar-refractivity contribution in [2.24, 2.45) is 0 Å². The van der Waals surface area contributed by atoms with Gasteiger partial charge in [-0.25, -0.2) is 9.97 Å². The lowest BCUT2D eigenvalue weighted by atomic mass is 9.93. The molecule has 7 aromatic rings. The number of H-pyrrole nitrogens is 1. The van der Waals surface area contributed by atoms with Gasteiger partial charge in [0.05, 0.1) is 40.2 Å². The molecule has 0 saturated heterocycles. The first kappa shape index (κ1) is 34.9. The van der Waals surface area contributed by atoms with Crippen molar-refractivity contribution in [1.82, 2.24) is 19.5 Å². The van der Waals surface area contributed by atoms with E-state index in [2.05, 4.69) is 186 Å². The van der Waals surface area contributed by atoms with Gasteiger partial charge in [0.25, 0.3) is 0 Å². The summed E-state index contributed by atoms with van der Waals surface area (Å²) in [7, 11) is 0. The number of carbonyl (C=O) groups is 2. The van der Waals surface area contributed by atoms with Crippen molar-refractivity contribution in [3.8, 4) is 39.1 Å². The average Bonchev–Trinajstić information content (AvgIpc) is 4.01. The normalized spacial score (nSPS) is 11.5. The Morgan fingerprint density at radius 3 is 1.49 bits per heavy atom. The molecule has 5 heterocycles. The van der Waals surface area contributed by atoms with E-state index in [1.165, 1.54) is 13.8 Å². The van der Waals surface area contributed by atoms with Crippen LogP contribution in [-0.2, 0) is 9.59 Å². The Labute approximate surface area is 319 Å². The third-order valence-electron chi connectivity index (χ3n) is 9.37. The summed E-state index contributed by atoms with van der Waals surface area (Å²) in [6.45, 7) is 2.81. The van der Waals surface area contributed by atoms with E-state index in [1.54, 1.807) is 0 Å². The monoisotopic (exact) mass is 714 g/mol. The highest BCUT2D eigenvalue weighted by Gasteiger charge is 2.25. The standard InChI is InChI=1S/C44H30N4.C5H8O2/c1-5-13-30(14-6-1)41-39-26-25-36(47-39)28-35-22-21-33(45-35)27-34-23-24-37(46-34)29-40-42(31-15-7-2-8-16-31)43(32-17-9-3-10-18-32)44(41)48(40)38-19-11-4-12-20-38;1-4(6)3-5(2)7/h1-29,45H;3H2,1-2H3. The first-order valence-corrected chi connectivity index (χ1v) is 18.3. The molecule has 9 rings (SSSR count). The Morgan fingerprint density at radius 2 is 0.964 bits per heavy atom. The van der Waals surface area contributed by atoms with Crippen LogP contribution in [-0.4, -0.2) is 31.1 Å². The maximum Gasteiger partial charge on any atom is 0.137 e. The molecule has 1 N–H and O–H groups in total. The number of carbonyl (C=O) groups excluding carboxylic acids is 2. The molecule has 266 valence electrons. The molecule has 0 fully saturated rings. The Bertz CT molecular complexity index is 2750. The van der Waals surface area contributed by atoms with Gasteiger partial charge in [0.15, 0.2) is 0 Å². The second-order valence-corrected chi connectivity index (χ2v) is 13.6. The lowest BCUT2D eigenvalue weighted by Gasteiger charge is -2.13. The second kappa shape index (κ2) is 15.4. The van der Waals surface area contributed by atoms with Gasteiger partial charge >= 0.3 is 0 Å². The lowest BCUT2D eigenvalue weighted by Crippen LogP contribution is -1.97. The second-order valence-electron chi connectivity index (χ2n) is 13.6. The Morgan fingerprint density at radius 1 is 0.509 bits per heavy atom. The summed E-state index contributed by atoms with van der Waals surface area (Å²) in [5.41, 5.74) is 15.4. The molecule has 0 atom stereocenters. The van der Waals surface area contributed by atoms with Crippen LogP contribution in [0.2, 0.25) is 0 Å². The summed E-state index contributed by atoms with van der Waals surface area (Å²) in [6, 6.07) is 53.3. The minimum absolute atomic E-state index is 0.0625. The van der Waals surface area contributed by atoms with Crippen molar-refractivity contribution >= 4 is 57.9 Å². The minimum atomic E-state index is -0.0625. The van der Waals surface area contributed by atoms with Gasteiger partial charge in [0.2, 0.25) is 0 Å². The number of benzene rings is 4. The van der Waals surface area contributed by atoms with E-state index in [0.29, 0.717) is 0 Å². The summed E-state index contributed by atoms with van der Waals surface area (Å²) >= 11 is 0. The topological polar surface area (TPSA) is 80.6 Å². The molecule has 0 unspecified atom stereocenters. The van der Waals surface area contributed by atoms with Gasteiger partial charge in [-0.2, -0.15) is 0 Å². The van der Waals surface area contributed by atoms with Crippen molar-refractivity contribution < 1.29 is 9.59 Å². The number of Topliss-reactive ketones (excluding diaryl/α,β-unsaturated/α-hetero) is 2. The smallest absolute Gasteiger partial charge is 0.137 e. The Kier molecular flexibility index (Phi) is 9.78. The minimum Gasteiger partial charge on any atom is -0.355 e. The van der Waals surface area contributed by atoms with Crippen LogP contribution in [0.15, 0.2) is 152 Å². The van der Waals surface area contributed by atoms with Crippen molar-refractivity contribution in [1.29, 1.82) is 0 Å². The zero-order valence-corrected chi connectivity index (χ0v) is 30.6. The van der Waals surface area contributed by atoms with Gasteiger partial charge in [0, 0.05) is 33.4 Å². The zero-order chi connectivity index (χ0) is 37.7. The van der Waals surface area contributed by atoms with Gasteiger partial charge in [-0.15, -0.1) is 0 Å². The van der Waals surface area contributed by atoms with Crippen LogP contribution in [0.1, 0.15) is 43.0 Å². The summed E-state index contributed by atoms with van der Waals surface area (Å²) in [4.78, 5) is 34.0. The molecule has 6 heteroatoms. The van der Waals surface area contributed by atoms with Crippen molar-refractivity contribution in [3.05, 3.63) is 174 Å². The molecule has 0 amide bonds. The van der Waals surface area contributed by atoms with Crippen molar-refractivity contribution in [2.45, 2.75) is 20.3 Å². The quantitative estimate of drug-likeness (QED) is 0.174. The van der Waals surface area contributed by atoms with E-state index in [1.807, 2.05) is 0 Å². The van der Waals surface area contributed by atoms with Gasteiger partial charge in [0.1, 0.15) is 11.6 Å². The van der Waals surface area contributed by atoms with E-state index in [-0.39, 0.29) is 18.0 Å². The van der Waals surface area contributed by atoms with Crippen LogP contribution >= 0.6 is 0 Å².